The van der Waals surface area contributed by atoms with E-state index in [1.807, 2.05) is 22.6 Å². The Bertz CT molecular complexity index is 320. The van der Waals surface area contributed by atoms with Crippen LogP contribution in [0.15, 0.2) is 23.2 Å². The monoisotopic (exact) mass is 279 g/mol. The summed E-state index contributed by atoms with van der Waals surface area (Å²) in [5.41, 5.74) is 0.655. The largest absolute Gasteiger partial charge is 0.207 e. The standard InChI is InChI=1S/C7H3FINS/c8-5-1-2-7(10-4-11)6(9)3-5/h1-3H. The number of hydrogen-bond donors (Lipinski definition) is 0. The van der Waals surface area contributed by atoms with Crippen LogP contribution in [-0.2, 0) is 0 Å². The summed E-state index contributed by atoms with van der Waals surface area (Å²) in [5.74, 6) is -0.266. The Kier molecular flexibility index (Phi) is 3.11. The van der Waals surface area contributed by atoms with Crippen LogP contribution in [0.1, 0.15) is 0 Å². The van der Waals surface area contributed by atoms with Gasteiger partial charge in [0.05, 0.1) is 10.8 Å². The van der Waals surface area contributed by atoms with Crippen molar-refractivity contribution in [3.63, 3.8) is 0 Å². The highest BCUT2D eigenvalue weighted by Crippen LogP contribution is 2.21. The maximum Gasteiger partial charge on any atom is 0.124 e. The van der Waals surface area contributed by atoms with E-state index in [0.29, 0.717) is 5.69 Å². The van der Waals surface area contributed by atoms with E-state index < -0.39 is 0 Å². The first-order chi connectivity index (χ1) is 5.24. The van der Waals surface area contributed by atoms with Crippen LogP contribution in [0.4, 0.5) is 10.1 Å². The zero-order valence-corrected chi connectivity index (χ0v) is 8.32. The molecule has 0 saturated carbocycles. The van der Waals surface area contributed by atoms with Crippen molar-refractivity contribution in [3.8, 4) is 0 Å². The van der Waals surface area contributed by atoms with E-state index in [1.54, 1.807) is 6.07 Å². The lowest BCUT2D eigenvalue weighted by molar-refractivity contribution is 0.627. The van der Waals surface area contributed by atoms with Gasteiger partial charge in [0.1, 0.15) is 5.82 Å². The maximum atomic E-state index is 12.5. The van der Waals surface area contributed by atoms with Crippen LogP contribution in [0.2, 0.25) is 0 Å². The molecule has 1 aromatic carbocycles. The van der Waals surface area contributed by atoms with Gasteiger partial charge >= 0.3 is 0 Å². The molecule has 0 saturated heterocycles. The molecule has 56 valence electrons. The molecule has 0 bridgehead atoms. The average molecular weight is 279 g/mol. The number of nitrogens with zero attached hydrogens (tertiary/aromatic N) is 1. The average Bonchev–Trinajstić information content (AvgIpc) is 1.95. The van der Waals surface area contributed by atoms with Gasteiger partial charge in [-0.05, 0) is 53.0 Å². The lowest BCUT2D eigenvalue weighted by atomic mass is 10.3. The highest BCUT2D eigenvalue weighted by molar-refractivity contribution is 14.1. The minimum Gasteiger partial charge on any atom is -0.207 e. The van der Waals surface area contributed by atoms with Crippen LogP contribution in [0.25, 0.3) is 0 Å². The molecule has 0 spiro atoms. The number of rotatable bonds is 1. The summed E-state index contributed by atoms with van der Waals surface area (Å²) in [6.07, 6.45) is 0. The molecule has 0 atom stereocenters. The van der Waals surface area contributed by atoms with E-state index in [4.69, 9.17) is 0 Å². The first-order valence-corrected chi connectivity index (χ1v) is 4.25. The van der Waals surface area contributed by atoms with E-state index in [-0.39, 0.29) is 5.82 Å². The molecule has 1 aromatic rings. The molecule has 1 nitrogen and oxygen atoms in total. The number of thiocarbonyl (C=S) groups is 1. The molecule has 1 rings (SSSR count). The van der Waals surface area contributed by atoms with Gasteiger partial charge in [-0.25, -0.2) is 4.39 Å². The van der Waals surface area contributed by atoms with E-state index in [9.17, 15) is 4.39 Å². The second-order valence-electron chi connectivity index (χ2n) is 1.80. The summed E-state index contributed by atoms with van der Waals surface area (Å²) in [4.78, 5) is 3.74. The predicted molar refractivity (Wildman–Crippen MR) is 53.8 cm³/mol. The fourth-order valence-corrected chi connectivity index (χ4v) is 1.32. The zero-order valence-electron chi connectivity index (χ0n) is 5.34. The van der Waals surface area contributed by atoms with E-state index >= 15 is 0 Å². The van der Waals surface area contributed by atoms with Crippen molar-refractivity contribution in [1.29, 1.82) is 0 Å². The minimum absolute atomic E-state index is 0.266. The summed E-state index contributed by atoms with van der Waals surface area (Å²) in [6, 6.07) is 4.30. The quantitative estimate of drug-likeness (QED) is 0.437. The topological polar surface area (TPSA) is 12.4 Å². The molecule has 0 aliphatic rings. The predicted octanol–water partition coefficient (Wildman–Crippen LogP) is 3.16. The fourth-order valence-electron chi connectivity index (χ4n) is 0.621. The van der Waals surface area contributed by atoms with Gasteiger partial charge < -0.3 is 0 Å². The van der Waals surface area contributed by atoms with Crippen molar-refractivity contribution >= 4 is 45.7 Å². The third kappa shape index (κ3) is 2.32. The number of isothiocyanates is 1. The van der Waals surface area contributed by atoms with Crippen LogP contribution in [0, 0.1) is 9.39 Å². The van der Waals surface area contributed by atoms with Crippen molar-refractivity contribution < 1.29 is 4.39 Å². The lowest BCUT2D eigenvalue weighted by Gasteiger charge is -1.94. The van der Waals surface area contributed by atoms with Crippen LogP contribution < -0.4 is 0 Å². The van der Waals surface area contributed by atoms with Crippen molar-refractivity contribution in [2.75, 3.05) is 0 Å². The molecule has 0 N–H and O–H groups in total. The second-order valence-corrected chi connectivity index (χ2v) is 3.14. The molecule has 0 amide bonds. The molecular formula is C7H3FINS. The first-order valence-electron chi connectivity index (χ1n) is 2.77. The summed E-state index contributed by atoms with van der Waals surface area (Å²) in [6.45, 7) is 0. The lowest BCUT2D eigenvalue weighted by Crippen LogP contribution is -1.76. The molecule has 0 aliphatic heterocycles. The van der Waals surface area contributed by atoms with Crippen LogP contribution in [0.3, 0.4) is 0 Å². The van der Waals surface area contributed by atoms with Gasteiger partial charge in [0, 0.05) is 3.57 Å². The number of aliphatic imine (C=N–C) groups is 1. The zero-order chi connectivity index (χ0) is 8.27. The summed E-state index contributed by atoms with van der Waals surface area (Å²) >= 11 is 6.40. The van der Waals surface area contributed by atoms with E-state index in [0.717, 1.165) is 3.57 Å². The maximum absolute atomic E-state index is 12.5. The van der Waals surface area contributed by atoms with E-state index in [1.165, 1.54) is 12.1 Å². The van der Waals surface area contributed by atoms with Gasteiger partial charge in [0.15, 0.2) is 0 Å². The summed E-state index contributed by atoms with van der Waals surface area (Å²) in [7, 11) is 0. The molecular weight excluding hydrogens is 276 g/mol. The van der Waals surface area contributed by atoms with Crippen molar-refractivity contribution in [3.05, 3.63) is 27.6 Å². The molecule has 0 radical (unpaired) electrons. The Labute approximate surface area is 82.5 Å². The molecule has 0 aromatic heterocycles. The van der Waals surface area contributed by atoms with Crippen molar-refractivity contribution in [1.82, 2.24) is 0 Å². The van der Waals surface area contributed by atoms with Gasteiger partial charge in [-0.3, -0.25) is 0 Å². The Morgan fingerprint density at radius 3 is 2.82 bits per heavy atom. The molecule has 4 heteroatoms. The number of hydrogen-bond acceptors (Lipinski definition) is 2. The van der Waals surface area contributed by atoms with Crippen LogP contribution in [0.5, 0.6) is 0 Å². The van der Waals surface area contributed by atoms with E-state index in [2.05, 4.69) is 22.4 Å². The third-order valence-corrected chi connectivity index (χ3v) is 2.03. The summed E-state index contributed by atoms with van der Waals surface area (Å²) < 4.78 is 13.2. The first kappa shape index (κ1) is 8.77. The van der Waals surface area contributed by atoms with Gasteiger partial charge in [0.2, 0.25) is 0 Å². The Balaban J connectivity index is 3.19. The number of benzene rings is 1. The molecule has 0 heterocycles. The third-order valence-electron chi connectivity index (χ3n) is 1.08. The highest BCUT2D eigenvalue weighted by atomic mass is 127. The minimum atomic E-state index is -0.266. The highest BCUT2D eigenvalue weighted by Gasteiger charge is 1.97. The number of halogens is 2. The summed E-state index contributed by atoms with van der Waals surface area (Å²) in [5, 5.41) is 2.23. The Morgan fingerprint density at radius 1 is 1.55 bits per heavy atom. The normalized spacial score (nSPS) is 8.91. The van der Waals surface area contributed by atoms with Crippen molar-refractivity contribution in [2.45, 2.75) is 0 Å². The smallest absolute Gasteiger partial charge is 0.124 e. The van der Waals surface area contributed by atoms with Crippen LogP contribution in [-0.4, -0.2) is 5.16 Å². The second kappa shape index (κ2) is 3.90. The molecule has 0 aliphatic carbocycles. The Hall–Kier alpha value is -0.320. The van der Waals surface area contributed by atoms with Gasteiger partial charge in [0.25, 0.3) is 0 Å². The molecule has 11 heavy (non-hydrogen) atoms. The van der Waals surface area contributed by atoms with Crippen molar-refractivity contribution in [2.24, 2.45) is 4.99 Å². The fraction of sp³-hybridized carbons (Fsp3) is 0. The SMILES string of the molecule is Fc1ccc(N=C=S)c(I)c1. The van der Waals surface area contributed by atoms with Gasteiger partial charge in [-0.2, -0.15) is 4.99 Å². The molecule has 0 fully saturated rings. The Morgan fingerprint density at radius 2 is 2.27 bits per heavy atom. The van der Waals surface area contributed by atoms with Gasteiger partial charge in [-0.1, -0.05) is 0 Å². The van der Waals surface area contributed by atoms with Gasteiger partial charge in [-0.15, -0.1) is 0 Å². The molecule has 0 unspecified atom stereocenters. The van der Waals surface area contributed by atoms with Crippen LogP contribution >= 0.6 is 34.8 Å².